The lowest BCUT2D eigenvalue weighted by Crippen LogP contribution is -2.46. The molecule has 1 aliphatic heterocycles. The second-order valence-corrected chi connectivity index (χ2v) is 8.17. The van der Waals surface area contributed by atoms with Gasteiger partial charge in [0.05, 0.1) is 11.6 Å². The number of nitrogens with zero attached hydrogens (tertiary/aromatic N) is 3. The van der Waals surface area contributed by atoms with Crippen molar-refractivity contribution in [2.75, 3.05) is 6.54 Å². The number of rotatable bonds is 5. The Morgan fingerprint density at radius 3 is 2.45 bits per heavy atom. The van der Waals surface area contributed by atoms with Crippen LogP contribution in [0.3, 0.4) is 0 Å². The molecule has 31 heavy (non-hydrogen) atoms. The third-order valence-corrected chi connectivity index (χ3v) is 5.87. The number of allylic oxidation sites excluding steroid dienone is 1. The van der Waals surface area contributed by atoms with Crippen LogP contribution in [0.5, 0.6) is 0 Å². The molecule has 0 saturated heterocycles. The lowest BCUT2D eigenvalue weighted by atomic mass is 9.92. The molecule has 1 atom stereocenters. The third-order valence-electron chi connectivity index (χ3n) is 5.87. The predicted octanol–water partition coefficient (Wildman–Crippen LogP) is 5.57. The molecule has 2 amide bonds. The van der Waals surface area contributed by atoms with E-state index in [1.807, 2.05) is 44.2 Å². The molecule has 0 radical (unpaired) electrons. The Morgan fingerprint density at radius 1 is 1.03 bits per heavy atom. The monoisotopic (exact) mass is 416 g/mol. The zero-order chi connectivity index (χ0) is 22.1. The molecule has 1 aromatic heterocycles. The Morgan fingerprint density at radius 2 is 1.77 bits per heavy atom. The fourth-order valence-corrected chi connectivity index (χ4v) is 3.90. The van der Waals surface area contributed by atoms with Crippen LogP contribution in [0.25, 0.3) is 17.0 Å². The van der Waals surface area contributed by atoms with Crippen LogP contribution >= 0.6 is 0 Å². The highest BCUT2D eigenvalue weighted by Crippen LogP contribution is 2.37. The molecule has 0 saturated carbocycles. The fraction of sp³-hybridized carbons (Fsp3) is 0.320. The van der Waals surface area contributed by atoms with Crippen LogP contribution in [0, 0.1) is 20.8 Å². The summed E-state index contributed by atoms with van der Waals surface area (Å²) in [5.41, 5.74) is 7.12. The van der Waals surface area contributed by atoms with Gasteiger partial charge in [-0.15, -0.1) is 0 Å². The number of hydrogen-bond donors (Lipinski definition) is 1. The van der Waals surface area contributed by atoms with Gasteiger partial charge in [0.2, 0.25) is 5.82 Å². The average molecular weight is 417 g/mol. The Kier molecular flexibility index (Phi) is 5.63. The number of aryl methyl sites for hydroxylation is 3. The molecular formula is C25H28N4O2. The first-order valence-electron chi connectivity index (χ1n) is 10.7. The number of aromatic nitrogens is 2. The molecule has 6 nitrogen and oxygen atoms in total. The number of carbonyl (C=O) groups excluding carboxylic acids is 1. The molecule has 0 fully saturated rings. The molecule has 1 unspecified atom stereocenters. The highest BCUT2D eigenvalue weighted by Gasteiger charge is 2.35. The van der Waals surface area contributed by atoms with E-state index in [4.69, 9.17) is 9.51 Å². The first kappa shape index (κ1) is 20.8. The summed E-state index contributed by atoms with van der Waals surface area (Å²) in [5.74, 6) is 0.963. The van der Waals surface area contributed by atoms with Gasteiger partial charge in [0, 0.05) is 17.8 Å². The van der Waals surface area contributed by atoms with Gasteiger partial charge >= 0.3 is 6.03 Å². The minimum absolute atomic E-state index is 0.107. The number of carbonyl (C=O) groups is 1. The summed E-state index contributed by atoms with van der Waals surface area (Å²) in [6.07, 6.45) is 0.852. The van der Waals surface area contributed by atoms with E-state index in [1.54, 1.807) is 4.90 Å². The van der Waals surface area contributed by atoms with Crippen molar-refractivity contribution < 1.29 is 9.32 Å². The zero-order valence-electron chi connectivity index (χ0n) is 18.7. The van der Waals surface area contributed by atoms with E-state index < -0.39 is 0 Å². The van der Waals surface area contributed by atoms with Gasteiger partial charge in [0.25, 0.3) is 5.89 Å². The van der Waals surface area contributed by atoms with Gasteiger partial charge in [-0.05, 0) is 50.8 Å². The van der Waals surface area contributed by atoms with Crippen molar-refractivity contribution in [3.05, 3.63) is 76.3 Å². The van der Waals surface area contributed by atoms with E-state index in [0.717, 1.165) is 28.8 Å². The number of nitrogens with one attached hydrogen (secondary N) is 1. The van der Waals surface area contributed by atoms with Crippen molar-refractivity contribution in [1.82, 2.24) is 20.4 Å². The highest BCUT2D eigenvalue weighted by molar-refractivity contribution is 5.86. The van der Waals surface area contributed by atoms with Crippen molar-refractivity contribution in [3.63, 3.8) is 0 Å². The topological polar surface area (TPSA) is 71.3 Å². The Balaban J connectivity index is 1.82. The highest BCUT2D eigenvalue weighted by atomic mass is 16.5. The van der Waals surface area contributed by atoms with Crippen molar-refractivity contribution in [2.24, 2.45) is 0 Å². The van der Waals surface area contributed by atoms with E-state index in [2.05, 4.69) is 43.4 Å². The lowest BCUT2D eigenvalue weighted by Gasteiger charge is -2.35. The normalized spacial score (nSPS) is 16.6. The van der Waals surface area contributed by atoms with Crippen LogP contribution in [-0.2, 0) is 0 Å². The Bertz CT molecular complexity index is 1140. The summed E-state index contributed by atoms with van der Waals surface area (Å²) in [5, 5.41) is 7.38. The molecule has 1 N–H and O–H groups in total. The van der Waals surface area contributed by atoms with Gasteiger partial charge in [0.15, 0.2) is 0 Å². The molecule has 2 aromatic carbocycles. The van der Waals surface area contributed by atoms with Gasteiger partial charge in [-0.25, -0.2) is 4.79 Å². The molecule has 4 rings (SSSR count). The van der Waals surface area contributed by atoms with Crippen molar-refractivity contribution in [3.8, 4) is 11.4 Å². The maximum Gasteiger partial charge on any atom is 0.322 e. The summed E-state index contributed by atoms with van der Waals surface area (Å²) in [7, 11) is 0. The van der Waals surface area contributed by atoms with Gasteiger partial charge in [0.1, 0.15) is 0 Å². The van der Waals surface area contributed by atoms with Gasteiger partial charge < -0.3 is 9.84 Å². The van der Waals surface area contributed by atoms with Crippen molar-refractivity contribution >= 4 is 11.6 Å². The average Bonchev–Trinajstić information content (AvgIpc) is 3.23. The number of hydrogen-bond acceptors (Lipinski definition) is 4. The minimum Gasteiger partial charge on any atom is -0.334 e. The summed E-state index contributed by atoms with van der Waals surface area (Å²) in [4.78, 5) is 19.3. The van der Waals surface area contributed by atoms with E-state index in [1.165, 1.54) is 16.7 Å². The smallest absolute Gasteiger partial charge is 0.322 e. The van der Waals surface area contributed by atoms with Gasteiger partial charge in [-0.3, -0.25) is 4.90 Å². The molecule has 0 aliphatic carbocycles. The van der Waals surface area contributed by atoms with E-state index in [9.17, 15) is 4.79 Å². The number of benzene rings is 2. The Labute approximate surface area is 183 Å². The maximum absolute atomic E-state index is 12.9. The molecular weight excluding hydrogens is 388 g/mol. The molecule has 1 aliphatic rings. The van der Waals surface area contributed by atoms with E-state index in [-0.39, 0.29) is 12.1 Å². The summed E-state index contributed by atoms with van der Waals surface area (Å²) in [6, 6.07) is 13.8. The minimum atomic E-state index is -0.355. The Hall–Kier alpha value is -3.41. The summed E-state index contributed by atoms with van der Waals surface area (Å²) >= 11 is 0. The van der Waals surface area contributed by atoms with Crippen LogP contribution < -0.4 is 5.32 Å². The first-order chi connectivity index (χ1) is 14.9. The van der Waals surface area contributed by atoms with E-state index in [0.29, 0.717) is 18.3 Å². The first-order valence-corrected chi connectivity index (χ1v) is 10.7. The van der Waals surface area contributed by atoms with Crippen LogP contribution in [0.15, 0.2) is 52.7 Å². The van der Waals surface area contributed by atoms with Crippen LogP contribution in [0.2, 0.25) is 0 Å². The van der Waals surface area contributed by atoms with Crippen LogP contribution in [0.4, 0.5) is 4.79 Å². The zero-order valence-corrected chi connectivity index (χ0v) is 18.7. The number of amides is 2. The maximum atomic E-state index is 12.9. The van der Waals surface area contributed by atoms with Gasteiger partial charge in [-0.2, -0.15) is 4.98 Å². The summed E-state index contributed by atoms with van der Waals surface area (Å²) in [6.45, 7) is 10.8. The SMILES string of the molecule is CCCN1C(=O)NC(c2ccc(C)c(C)c2)C(c2nc(-c3ccc(C)cc3)no2)=C1C. The largest absolute Gasteiger partial charge is 0.334 e. The quantitative estimate of drug-likeness (QED) is 0.590. The molecule has 3 aromatic rings. The van der Waals surface area contributed by atoms with Gasteiger partial charge in [-0.1, -0.05) is 60.1 Å². The molecule has 0 bridgehead atoms. The third kappa shape index (κ3) is 3.98. The molecule has 160 valence electrons. The molecule has 2 heterocycles. The second-order valence-electron chi connectivity index (χ2n) is 8.17. The second kappa shape index (κ2) is 8.38. The molecule has 0 spiro atoms. The summed E-state index contributed by atoms with van der Waals surface area (Å²) < 4.78 is 5.73. The molecule has 6 heteroatoms. The standard InChI is InChI=1S/C25H28N4O2/c1-6-13-29-18(5)21(22(26-25(29)30)20-12-9-16(3)17(4)14-20)24-27-23(28-31-24)19-10-7-15(2)8-11-19/h7-12,14,22H,6,13H2,1-5H3,(H,26,30). The van der Waals surface area contributed by atoms with Crippen molar-refractivity contribution in [2.45, 2.75) is 47.1 Å². The van der Waals surface area contributed by atoms with Crippen LogP contribution in [0.1, 0.15) is 54.5 Å². The predicted molar refractivity (Wildman–Crippen MR) is 121 cm³/mol. The van der Waals surface area contributed by atoms with Crippen molar-refractivity contribution in [1.29, 1.82) is 0 Å². The van der Waals surface area contributed by atoms with E-state index >= 15 is 0 Å². The fourth-order valence-electron chi connectivity index (χ4n) is 3.90. The lowest BCUT2D eigenvalue weighted by molar-refractivity contribution is 0.205. The number of urea groups is 1. The van der Waals surface area contributed by atoms with Crippen LogP contribution in [-0.4, -0.2) is 27.6 Å².